The summed E-state index contributed by atoms with van der Waals surface area (Å²) in [5.41, 5.74) is 1.41. The highest BCUT2D eigenvalue weighted by atomic mass is 32.2. The molecule has 1 aromatic carbocycles. The Hall–Kier alpha value is -1.08. The fourth-order valence-corrected chi connectivity index (χ4v) is 6.04. The van der Waals surface area contributed by atoms with Crippen LogP contribution in [0.5, 0.6) is 0 Å². The maximum atomic E-state index is 12.0. The molecule has 0 bridgehead atoms. The van der Waals surface area contributed by atoms with Crippen molar-refractivity contribution in [1.29, 1.82) is 0 Å². The third kappa shape index (κ3) is 3.02. The molecular formula is C11H15NO4S2. The van der Waals surface area contributed by atoms with E-state index in [0.717, 1.165) is 5.56 Å². The van der Waals surface area contributed by atoms with E-state index in [1.807, 2.05) is 13.0 Å². The molecule has 0 radical (unpaired) electrons. The van der Waals surface area contributed by atoms with Crippen molar-refractivity contribution in [2.75, 3.05) is 16.2 Å². The van der Waals surface area contributed by atoms with E-state index in [-0.39, 0.29) is 17.9 Å². The summed E-state index contributed by atoms with van der Waals surface area (Å²) in [6.07, 6.45) is 0.170. The molecule has 0 amide bonds. The molecule has 1 aromatic rings. The minimum Gasteiger partial charge on any atom is -0.283 e. The first-order valence-corrected chi connectivity index (χ1v) is 8.94. The van der Waals surface area contributed by atoms with E-state index in [1.165, 1.54) is 0 Å². The molecule has 0 aliphatic carbocycles. The highest BCUT2D eigenvalue weighted by Gasteiger charge is 2.37. The van der Waals surface area contributed by atoms with Gasteiger partial charge in [0.1, 0.15) is 0 Å². The molecule has 1 fully saturated rings. The van der Waals surface area contributed by atoms with Gasteiger partial charge in [0.05, 0.1) is 16.8 Å². The Bertz CT molecular complexity index is 649. The van der Waals surface area contributed by atoms with Crippen molar-refractivity contribution in [3.05, 3.63) is 29.8 Å². The third-order valence-electron chi connectivity index (χ3n) is 2.91. The van der Waals surface area contributed by atoms with E-state index in [9.17, 15) is 16.8 Å². The maximum Gasteiger partial charge on any atom is 0.236 e. The molecule has 0 saturated carbocycles. The van der Waals surface area contributed by atoms with Crippen molar-refractivity contribution in [2.24, 2.45) is 0 Å². The molecule has 0 spiro atoms. The third-order valence-corrected chi connectivity index (χ3v) is 6.69. The van der Waals surface area contributed by atoms with E-state index in [1.54, 1.807) is 18.2 Å². The van der Waals surface area contributed by atoms with Crippen molar-refractivity contribution >= 4 is 25.5 Å². The van der Waals surface area contributed by atoms with Gasteiger partial charge in [0.2, 0.25) is 10.0 Å². The predicted molar refractivity (Wildman–Crippen MR) is 70.8 cm³/mol. The summed E-state index contributed by atoms with van der Waals surface area (Å²) in [4.78, 5) is 0. The first-order valence-electron chi connectivity index (χ1n) is 5.57. The van der Waals surface area contributed by atoms with E-state index < -0.39 is 25.1 Å². The lowest BCUT2D eigenvalue weighted by Gasteiger charge is -2.12. The first-order chi connectivity index (χ1) is 8.28. The van der Waals surface area contributed by atoms with Gasteiger partial charge in [-0.15, -0.1) is 0 Å². The van der Waals surface area contributed by atoms with Crippen LogP contribution in [-0.4, -0.2) is 33.6 Å². The highest BCUT2D eigenvalue weighted by Crippen LogP contribution is 2.21. The minimum absolute atomic E-state index is 0.0492. The molecule has 7 heteroatoms. The number of rotatable bonds is 3. The van der Waals surface area contributed by atoms with Crippen molar-refractivity contribution in [2.45, 2.75) is 18.6 Å². The van der Waals surface area contributed by atoms with Crippen molar-refractivity contribution in [3.8, 4) is 0 Å². The Morgan fingerprint density at radius 2 is 2.06 bits per heavy atom. The zero-order chi connectivity index (χ0) is 13.4. The van der Waals surface area contributed by atoms with Gasteiger partial charge in [0, 0.05) is 5.69 Å². The smallest absolute Gasteiger partial charge is 0.236 e. The van der Waals surface area contributed by atoms with Gasteiger partial charge >= 0.3 is 0 Å². The van der Waals surface area contributed by atoms with Crippen LogP contribution >= 0.6 is 0 Å². The fraction of sp³-hybridized carbons (Fsp3) is 0.455. The number of hydrogen-bond donors (Lipinski definition) is 1. The Balaban J connectivity index is 2.18. The predicted octanol–water partition coefficient (Wildman–Crippen LogP) is 0.924. The van der Waals surface area contributed by atoms with Crippen LogP contribution < -0.4 is 4.72 Å². The average molecular weight is 289 g/mol. The monoisotopic (exact) mass is 289 g/mol. The molecule has 18 heavy (non-hydrogen) atoms. The Morgan fingerprint density at radius 3 is 2.61 bits per heavy atom. The number of nitrogens with one attached hydrogen (secondary N) is 1. The van der Waals surface area contributed by atoms with E-state index in [0.29, 0.717) is 5.69 Å². The topological polar surface area (TPSA) is 80.3 Å². The van der Waals surface area contributed by atoms with Gasteiger partial charge < -0.3 is 0 Å². The summed E-state index contributed by atoms with van der Waals surface area (Å²) >= 11 is 0. The van der Waals surface area contributed by atoms with Gasteiger partial charge in [-0.1, -0.05) is 12.1 Å². The average Bonchev–Trinajstić information content (AvgIpc) is 2.59. The SMILES string of the molecule is Cc1cccc(NS(=O)(=O)[C@@H]2CCS(=O)(=O)C2)c1. The van der Waals surface area contributed by atoms with Gasteiger partial charge in [-0.05, 0) is 31.0 Å². The molecule has 0 aromatic heterocycles. The summed E-state index contributed by atoms with van der Waals surface area (Å²) in [7, 11) is -6.83. The van der Waals surface area contributed by atoms with Crippen LogP contribution in [0.25, 0.3) is 0 Å². The van der Waals surface area contributed by atoms with Gasteiger partial charge in [-0.3, -0.25) is 4.72 Å². The Kier molecular flexibility index (Phi) is 3.37. The van der Waals surface area contributed by atoms with Gasteiger partial charge in [-0.25, -0.2) is 16.8 Å². The highest BCUT2D eigenvalue weighted by molar-refractivity contribution is 7.97. The first kappa shape index (κ1) is 13.4. The number of aryl methyl sites for hydroxylation is 1. The fourth-order valence-electron chi connectivity index (χ4n) is 1.96. The quantitative estimate of drug-likeness (QED) is 0.897. The van der Waals surface area contributed by atoms with Crippen molar-refractivity contribution in [3.63, 3.8) is 0 Å². The van der Waals surface area contributed by atoms with Crippen molar-refractivity contribution in [1.82, 2.24) is 0 Å². The van der Waals surface area contributed by atoms with E-state index >= 15 is 0 Å². The number of hydrogen-bond acceptors (Lipinski definition) is 4. The number of anilines is 1. The summed E-state index contributed by atoms with van der Waals surface area (Å²) in [6, 6.07) is 6.96. The van der Waals surface area contributed by atoms with Gasteiger partial charge in [0.15, 0.2) is 9.84 Å². The molecule has 5 nitrogen and oxygen atoms in total. The Morgan fingerprint density at radius 1 is 1.33 bits per heavy atom. The summed E-state index contributed by atoms with van der Waals surface area (Å²) < 4.78 is 49.1. The lowest BCUT2D eigenvalue weighted by molar-refractivity contribution is 0.587. The molecular weight excluding hydrogens is 274 g/mol. The minimum atomic E-state index is -3.63. The molecule has 1 heterocycles. The molecule has 0 unspecified atom stereocenters. The molecule has 1 N–H and O–H groups in total. The number of sulfonamides is 1. The lowest BCUT2D eigenvalue weighted by atomic mass is 10.2. The largest absolute Gasteiger partial charge is 0.283 e. The summed E-state index contributed by atoms with van der Waals surface area (Å²) in [5.74, 6) is -0.333. The molecule has 1 aliphatic heterocycles. The van der Waals surface area contributed by atoms with Crippen LogP contribution in [0.1, 0.15) is 12.0 Å². The summed E-state index contributed by atoms with van der Waals surface area (Å²) in [5, 5.41) is -0.844. The van der Waals surface area contributed by atoms with Gasteiger partial charge in [-0.2, -0.15) is 0 Å². The van der Waals surface area contributed by atoms with E-state index in [4.69, 9.17) is 0 Å². The second-order valence-electron chi connectivity index (χ2n) is 4.54. The maximum absolute atomic E-state index is 12.0. The zero-order valence-electron chi connectivity index (χ0n) is 9.96. The molecule has 1 atom stereocenters. The van der Waals surface area contributed by atoms with Crippen LogP contribution in [-0.2, 0) is 19.9 Å². The number of sulfone groups is 1. The lowest BCUT2D eigenvalue weighted by Crippen LogP contribution is -2.28. The van der Waals surface area contributed by atoms with Crippen LogP contribution in [0.15, 0.2) is 24.3 Å². The van der Waals surface area contributed by atoms with Crippen LogP contribution in [0.4, 0.5) is 5.69 Å². The molecule has 100 valence electrons. The van der Waals surface area contributed by atoms with Crippen LogP contribution in [0, 0.1) is 6.92 Å². The Labute approximate surface area is 107 Å². The second kappa shape index (κ2) is 4.55. The zero-order valence-corrected chi connectivity index (χ0v) is 11.6. The summed E-state index contributed by atoms with van der Waals surface area (Å²) in [6.45, 7) is 1.86. The van der Waals surface area contributed by atoms with Crippen molar-refractivity contribution < 1.29 is 16.8 Å². The second-order valence-corrected chi connectivity index (χ2v) is 8.73. The molecule has 1 saturated heterocycles. The molecule has 2 rings (SSSR count). The van der Waals surface area contributed by atoms with E-state index in [2.05, 4.69) is 4.72 Å². The standard InChI is InChI=1S/C11H15NO4S2/c1-9-3-2-4-10(7-9)12-18(15,16)11-5-6-17(13,14)8-11/h2-4,7,11-12H,5-6,8H2,1H3/t11-/m1/s1. The van der Waals surface area contributed by atoms with Crippen LogP contribution in [0.3, 0.4) is 0 Å². The molecule has 1 aliphatic rings. The normalized spacial score (nSPS) is 22.8. The van der Waals surface area contributed by atoms with Crippen LogP contribution in [0.2, 0.25) is 0 Å². The number of benzene rings is 1. The van der Waals surface area contributed by atoms with Gasteiger partial charge in [0.25, 0.3) is 0 Å².